The molecular weight excluding hydrogens is 148 g/mol. The Labute approximate surface area is 72.4 Å². The van der Waals surface area contributed by atoms with E-state index in [1.165, 1.54) is 11.1 Å². The molecule has 0 unspecified atom stereocenters. The zero-order chi connectivity index (χ0) is 8.55. The number of aryl methyl sites for hydroxylation is 2. The standard InChI is InChI=1S/C11H12O/c1-8-5-6-9-3-2-4-11(12)10(9)7-8/h5-7H,2-4H2,1H3. The fraction of sp³-hybridized carbons (Fsp3) is 0.364. The Morgan fingerprint density at radius 3 is 2.92 bits per heavy atom. The number of benzene rings is 1. The van der Waals surface area contributed by atoms with Crippen molar-refractivity contribution in [2.45, 2.75) is 26.2 Å². The molecule has 0 atom stereocenters. The summed E-state index contributed by atoms with van der Waals surface area (Å²) in [6, 6.07) is 6.18. The molecule has 0 spiro atoms. The van der Waals surface area contributed by atoms with E-state index in [0.717, 1.165) is 24.8 Å². The number of fused-ring (bicyclic) bond motifs is 1. The van der Waals surface area contributed by atoms with Gasteiger partial charge in [-0.3, -0.25) is 4.79 Å². The smallest absolute Gasteiger partial charge is 0.163 e. The summed E-state index contributed by atoms with van der Waals surface area (Å²) in [5, 5.41) is 0. The van der Waals surface area contributed by atoms with Gasteiger partial charge >= 0.3 is 0 Å². The molecule has 0 saturated carbocycles. The average molecular weight is 160 g/mol. The Hall–Kier alpha value is -1.11. The van der Waals surface area contributed by atoms with Gasteiger partial charge in [-0.1, -0.05) is 17.7 Å². The number of ketones is 1. The maximum absolute atomic E-state index is 11.4. The monoisotopic (exact) mass is 160 g/mol. The van der Waals surface area contributed by atoms with Crippen LogP contribution in [0.5, 0.6) is 0 Å². The first-order valence-corrected chi connectivity index (χ1v) is 4.40. The van der Waals surface area contributed by atoms with Crippen LogP contribution in [0.3, 0.4) is 0 Å². The van der Waals surface area contributed by atoms with Crippen LogP contribution in [-0.4, -0.2) is 5.78 Å². The Balaban J connectivity index is 2.54. The highest BCUT2D eigenvalue weighted by atomic mass is 16.1. The quantitative estimate of drug-likeness (QED) is 0.570. The number of hydrogen-bond donors (Lipinski definition) is 0. The van der Waals surface area contributed by atoms with Gasteiger partial charge in [-0.2, -0.15) is 0 Å². The fourth-order valence-electron chi connectivity index (χ4n) is 1.74. The summed E-state index contributed by atoms with van der Waals surface area (Å²) in [5.74, 6) is 0.319. The van der Waals surface area contributed by atoms with E-state index in [1.54, 1.807) is 0 Å². The lowest BCUT2D eigenvalue weighted by Gasteiger charge is -2.14. The number of carbonyl (C=O) groups is 1. The zero-order valence-corrected chi connectivity index (χ0v) is 7.26. The summed E-state index contributed by atoms with van der Waals surface area (Å²) in [5.41, 5.74) is 3.38. The summed E-state index contributed by atoms with van der Waals surface area (Å²) in [7, 11) is 0. The minimum atomic E-state index is 0.319. The maximum Gasteiger partial charge on any atom is 0.163 e. The second-order valence-electron chi connectivity index (χ2n) is 3.44. The zero-order valence-electron chi connectivity index (χ0n) is 7.26. The number of carbonyl (C=O) groups excluding carboxylic acids is 1. The lowest BCUT2D eigenvalue weighted by molar-refractivity contribution is 0.0972. The van der Waals surface area contributed by atoms with Gasteiger partial charge in [-0.15, -0.1) is 0 Å². The predicted octanol–water partition coefficient (Wildman–Crippen LogP) is 2.51. The van der Waals surface area contributed by atoms with Gasteiger partial charge in [0.2, 0.25) is 0 Å². The van der Waals surface area contributed by atoms with E-state index in [9.17, 15) is 4.79 Å². The first kappa shape index (κ1) is 7.53. The fourth-order valence-corrected chi connectivity index (χ4v) is 1.74. The normalized spacial score (nSPS) is 15.9. The Kier molecular flexibility index (Phi) is 1.72. The molecule has 0 saturated heterocycles. The molecule has 1 heteroatoms. The van der Waals surface area contributed by atoms with Crippen molar-refractivity contribution < 1.29 is 4.79 Å². The first-order valence-electron chi connectivity index (χ1n) is 4.40. The Bertz CT molecular complexity index is 326. The van der Waals surface area contributed by atoms with Gasteiger partial charge in [0.15, 0.2) is 5.78 Å². The maximum atomic E-state index is 11.4. The number of hydrogen-bond acceptors (Lipinski definition) is 1. The van der Waals surface area contributed by atoms with Crippen molar-refractivity contribution in [3.8, 4) is 0 Å². The summed E-state index contributed by atoms with van der Waals surface area (Å²) in [6.07, 6.45) is 2.83. The van der Waals surface area contributed by atoms with Crippen LogP contribution in [0.1, 0.15) is 34.3 Å². The molecule has 0 aromatic heterocycles. The van der Waals surface area contributed by atoms with Gasteiger partial charge in [0.25, 0.3) is 0 Å². The molecule has 62 valence electrons. The van der Waals surface area contributed by atoms with E-state index in [1.807, 2.05) is 13.0 Å². The van der Waals surface area contributed by atoms with E-state index in [4.69, 9.17) is 0 Å². The van der Waals surface area contributed by atoms with Gasteiger partial charge in [0.05, 0.1) is 0 Å². The molecule has 0 amide bonds. The van der Waals surface area contributed by atoms with E-state index in [2.05, 4.69) is 12.1 Å². The van der Waals surface area contributed by atoms with Crippen LogP contribution < -0.4 is 0 Å². The SMILES string of the molecule is Cc1ccc2c(c1)C(=O)CCC2. The summed E-state index contributed by atoms with van der Waals surface area (Å²) >= 11 is 0. The van der Waals surface area contributed by atoms with Crippen LogP contribution in [0, 0.1) is 6.92 Å². The number of rotatable bonds is 0. The van der Waals surface area contributed by atoms with Crippen molar-refractivity contribution in [1.29, 1.82) is 0 Å². The van der Waals surface area contributed by atoms with Crippen molar-refractivity contribution in [3.05, 3.63) is 34.9 Å². The summed E-state index contributed by atoms with van der Waals surface area (Å²) in [4.78, 5) is 11.4. The van der Waals surface area contributed by atoms with Crippen LogP contribution in [0.15, 0.2) is 18.2 Å². The third-order valence-electron chi connectivity index (χ3n) is 2.42. The largest absolute Gasteiger partial charge is 0.294 e. The third-order valence-corrected chi connectivity index (χ3v) is 2.42. The second kappa shape index (κ2) is 2.74. The Morgan fingerprint density at radius 2 is 2.08 bits per heavy atom. The van der Waals surface area contributed by atoms with Gasteiger partial charge in [0.1, 0.15) is 0 Å². The highest BCUT2D eigenvalue weighted by molar-refractivity contribution is 5.98. The predicted molar refractivity (Wildman–Crippen MR) is 48.4 cm³/mol. The van der Waals surface area contributed by atoms with Gasteiger partial charge in [-0.25, -0.2) is 0 Å². The molecule has 1 aliphatic rings. The highest BCUT2D eigenvalue weighted by Gasteiger charge is 2.15. The van der Waals surface area contributed by atoms with Crippen molar-refractivity contribution in [2.75, 3.05) is 0 Å². The first-order chi connectivity index (χ1) is 5.77. The lowest BCUT2D eigenvalue weighted by atomic mass is 9.90. The van der Waals surface area contributed by atoms with Gasteiger partial charge in [-0.05, 0) is 31.4 Å². The highest BCUT2D eigenvalue weighted by Crippen LogP contribution is 2.21. The van der Waals surface area contributed by atoms with Crippen LogP contribution in [0.25, 0.3) is 0 Å². The third kappa shape index (κ3) is 1.15. The lowest BCUT2D eigenvalue weighted by Crippen LogP contribution is -2.10. The molecule has 0 bridgehead atoms. The van der Waals surface area contributed by atoms with Crippen molar-refractivity contribution in [1.82, 2.24) is 0 Å². The molecule has 12 heavy (non-hydrogen) atoms. The molecule has 0 heterocycles. The molecule has 0 fully saturated rings. The number of Topliss-reactive ketones (excluding diaryl/α,β-unsaturated/α-hetero) is 1. The van der Waals surface area contributed by atoms with Crippen molar-refractivity contribution >= 4 is 5.78 Å². The van der Waals surface area contributed by atoms with Crippen LogP contribution in [0.4, 0.5) is 0 Å². The van der Waals surface area contributed by atoms with E-state index in [-0.39, 0.29) is 0 Å². The summed E-state index contributed by atoms with van der Waals surface area (Å²) < 4.78 is 0. The molecule has 0 radical (unpaired) electrons. The second-order valence-corrected chi connectivity index (χ2v) is 3.44. The Morgan fingerprint density at radius 1 is 1.25 bits per heavy atom. The van der Waals surface area contributed by atoms with Crippen LogP contribution in [-0.2, 0) is 6.42 Å². The van der Waals surface area contributed by atoms with E-state index < -0.39 is 0 Å². The molecule has 1 aromatic carbocycles. The molecule has 1 aromatic rings. The minimum Gasteiger partial charge on any atom is -0.294 e. The van der Waals surface area contributed by atoms with Crippen molar-refractivity contribution in [2.24, 2.45) is 0 Å². The topological polar surface area (TPSA) is 17.1 Å². The molecule has 1 aliphatic carbocycles. The van der Waals surface area contributed by atoms with Gasteiger partial charge in [0, 0.05) is 12.0 Å². The van der Waals surface area contributed by atoms with Crippen molar-refractivity contribution in [3.63, 3.8) is 0 Å². The van der Waals surface area contributed by atoms with E-state index in [0.29, 0.717) is 5.78 Å². The average Bonchev–Trinajstić information content (AvgIpc) is 2.07. The van der Waals surface area contributed by atoms with Crippen LogP contribution in [0.2, 0.25) is 0 Å². The molecule has 0 N–H and O–H groups in total. The van der Waals surface area contributed by atoms with Gasteiger partial charge < -0.3 is 0 Å². The summed E-state index contributed by atoms with van der Waals surface area (Å²) in [6.45, 7) is 2.03. The molecule has 1 nitrogen and oxygen atoms in total. The molecular formula is C11H12O. The van der Waals surface area contributed by atoms with Crippen LogP contribution >= 0.6 is 0 Å². The molecule has 0 aliphatic heterocycles. The van der Waals surface area contributed by atoms with E-state index >= 15 is 0 Å². The molecule has 2 rings (SSSR count). The minimum absolute atomic E-state index is 0.319.